The first-order valence-corrected chi connectivity index (χ1v) is 8.55. The van der Waals surface area contributed by atoms with Crippen LogP contribution in [-0.4, -0.2) is 44.5 Å². The van der Waals surface area contributed by atoms with Crippen molar-refractivity contribution in [1.82, 2.24) is 30.3 Å². The first-order chi connectivity index (χ1) is 12.9. The molecule has 0 aliphatic heterocycles. The minimum atomic E-state index is -0.248. The lowest BCUT2D eigenvalue weighted by Crippen LogP contribution is -2.32. The summed E-state index contributed by atoms with van der Waals surface area (Å²) in [5.41, 5.74) is 1.59. The van der Waals surface area contributed by atoms with Crippen molar-refractivity contribution in [2.75, 3.05) is 13.7 Å². The lowest BCUT2D eigenvalue weighted by Gasteiger charge is -2.18. The van der Waals surface area contributed by atoms with E-state index in [1.165, 1.54) is 7.11 Å². The van der Waals surface area contributed by atoms with Crippen molar-refractivity contribution in [3.8, 4) is 23.1 Å². The van der Waals surface area contributed by atoms with Crippen LogP contribution in [0.4, 0.5) is 0 Å². The third-order valence-electron chi connectivity index (χ3n) is 3.70. The van der Waals surface area contributed by atoms with Gasteiger partial charge >= 0.3 is 0 Å². The Balaban J connectivity index is 2.00. The number of nitrogens with one attached hydrogen (secondary N) is 1. The predicted octanol–water partition coefficient (Wildman–Crippen LogP) is 2.51. The fraction of sp³-hybridized carbons (Fsp3) is 0.316. The maximum absolute atomic E-state index is 12.6. The van der Waals surface area contributed by atoms with Crippen LogP contribution in [0.15, 0.2) is 42.6 Å². The summed E-state index contributed by atoms with van der Waals surface area (Å²) in [5, 5.41) is 15.5. The number of carbonyl (C=O) groups excluding carboxylic acids is 1. The summed E-state index contributed by atoms with van der Waals surface area (Å²) in [7, 11) is 1.52. The lowest BCUT2D eigenvalue weighted by molar-refractivity contribution is 0.0934. The SMILES string of the molecule is COc1ccc(-n2nc(C(=O)NCC(C)(C)C)cc2-c2ccccn2)nn1. The molecule has 0 radical (unpaired) electrons. The van der Waals surface area contributed by atoms with Crippen molar-refractivity contribution in [1.29, 1.82) is 0 Å². The summed E-state index contributed by atoms with van der Waals surface area (Å²) in [6.07, 6.45) is 1.69. The second-order valence-electron chi connectivity index (χ2n) is 7.22. The molecule has 0 atom stereocenters. The van der Waals surface area contributed by atoms with Crippen LogP contribution in [0.1, 0.15) is 31.3 Å². The highest BCUT2D eigenvalue weighted by molar-refractivity contribution is 5.93. The molecule has 1 N–H and O–H groups in total. The molecule has 0 fully saturated rings. The molecule has 3 heterocycles. The third kappa shape index (κ3) is 4.46. The second-order valence-corrected chi connectivity index (χ2v) is 7.22. The molecule has 140 valence electrons. The summed E-state index contributed by atoms with van der Waals surface area (Å²) in [6.45, 7) is 6.70. The van der Waals surface area contributed by atoms with Gasteiger partial charge in [-0.2, -0.15) is 5.10 Å². The van der Waals surface area contributed by atoms with Gasteiger partial charge in [0, 0.05) is 18.8 Å². The Hall–Kier alpha value is -3.29. The molecule has 1 amide bonds. The highest BCUT2D eigenvalue weighted by Crippen LogP contribution is 2.22. The van der Waals surface area contributed by atoms with E-state index in [4.69, 9.17) is 4.74 Å². The molecular weight excluding hydrogens is 344 g/mol. The highest BCUT2D eigenvalue weighted by atomic mass is 16.5. The van der Waals surface area contributed by atoms with Gasteiger partial charge in [-0.25, -0.2) is 4.68 Å². The van der Waals surface area contributed by atoms with Crippen LogP contribution in [0.25, 0.3) is 17.2 Å². The van der Waals surface area contributed by atoms with Crippen molar-refractivity contribution in [2.45, 2.75) is 20.8 Å². The maximum Gasteiger partial charge on any atom is 0.271 e. The first-order valence-electron chi connectivity index (χ1n) is 8.55. The van der Waals surface area contributed by atoms with Crippen molar-refractivity contribution < 1.29 is 9.53 Å². The van der Waals surface area contributed by atoms with Crippen LogP contribution in [-0.2, 0) is 0 Å². The zero-order valence-electron chi connectivity index (χ0n) is 15.8. The zero-order chi connectivity index (χ0) is 19.4. The van der Waals surface area contributed by atoms with Gasteiger partial charge in [0.2, 0.25) is 5.88 Å². The molecule has 3 aromatic rings. The van der Waals surface area contributed by atoms with Crippen molar-refractivity contribution in [2.24, 2.45) is 5.41 Å². The number of amides is 1. The van der Waals surface area contributed by atoms with Gasteiger partial charge in [-0.05, 0) is 29.7 Å². The normalized spacial score (nSPS) is 11.3. The number of ether oxygens (including phenoxy) is 1. The largest absolute Gasteiger partial charge is 0.480 e. The number of carbonyl (C=O) groups is 1. The molecule has 0 aromatic carbocycles. The highest BCUT2D eigenvalue weighted by Gasteiger charge is 2.20. The topological polar surface area (TPSA) is 94.8 Å². The van der Waals surface area contributed by atoms with Crippen LogP contribution in [0, 0.1) is 5.41 Å². The van der Waals surface area contributed by atoms with E-state index in [0.29, 0.717) is 29.6 Å². The number of pyridine rings is 1. The van der Waals surface area contributed by atoms with Gasteiger partial charge in [0.1, 0.15) is 0 Å². The molecule has 0 spiro atoms. The fourth-order valence-corrected chi connectivity index (χ4v) is 2.33. The standard InChI is InChI=1S/C19H22N6O2/c1-19(2,3)12-21-18(26)14-11-15(13-7-5-6-10-20-13)25(24-14)16-8-9-17(27-4)23-22-16/h5-11H,12H2,1-4H3,(H,21,26). The van der Waals surface area contributed by atoms with Gasteiger partial charge in [0.25, 0.3) is 5.91 Å². The molecular formula is C19H22N6O2. The van der Waals surface area contributed by atoms with E-state index >= 15 is 0 Å². The number of hydrogen-bond donors (Lipinski definition) is 1. The molecule has 0 aliphatic rings. The molecule has 0 unspecified atom stereocenters. The molecule has 0 bridgehead atoms. The van der Waals surface area contributed by atoms with Gasteiger partial charge in [-0.1, -0.05) is 26.8 Å². The van der Waals surface area contributed by atoms with Gasteiger partial charge in [-0.15, -0.1) is 10.2 Å². The Kier molecular flexibility index (Phi) is 5.16. The molecule has 0 aliphatic carbocycles. The van der Waals surface area contributed by atoms with E-state index in [0.717, 1.165) is 0 Å². The molecule has 0 saturated carbocycles. The van der Waals surface area contributed by atoms with Gasteiger partial charge < -0.3 is 10.1 Å². The van der Waals surface area contributed by atoms with E-state index in [1.807, 2.05) is 18.2 Å². The van der Waals surface area contributed by atoms with E-state index in [1.54, 1.807) is 29.1 Å². The van der Waals surface area contributed by atoms with E-state index in [-0.39, 0.29) is 17.0 Å². The third-order valence-corrected chi connectivity index (χ3v) is 3.70. The molecule has 0 saturated heterocycles. The number of rotatable bonds is 5. The molecule has 8 nitrogen and oxygen atoms in total. The smallest absolute Gasteiger partial charge is 0.271 e. The van der Waals surface area contributed by atoms with Gasteiger partial charge in [0.15, 0.2) is 11.5 Å². The van der Waals surface area contributed by atoms with Gasteiger partial charge in [0.05, 0.1) is 18.5 Å². The summed E-state index contributed by atoms with van der Waals surface area (Å²) in [4.78, 5) is 16.9. The summed E-state index contributed by atoms with van der Waals surface area (Å²) < 4.78 is 6.60. The quantitative estimate of drug-likeness (QED) is 0.745. The van der Waals surface area contributed by atoms with Crippen LogP contribution >= 0.6 is 0 Å². The summed E-state index contributed by atoms with van der Waals surface area (Å²) in [5.74, 6) is 0.613. The minimum absolute atomic E-state index is 0.0243. The molecule has 3 rings (SSSR count). The average molecular weight is 366 g/mol. The molecule has 27 heavy (non-hydrogen) atoms. The van der Waals surface area contributed by atoms with E-state index in [2.05, 4.69) is 46.4 Å². The Labute approximate surface area is 157 Å². The summed E-state index contributed by atoms with van der Waals surface area (Å²) >= 11 is 0. The molecule has 3 aromatic heterocycles. The number of aromatic nitrogens is 5. The van der Waals surface area contributed by atoms with Crippen molar-refractivity contribution >= 4 is 5.91 Å². The van der Waals surface area contributed by atoms with Gasteiger partial charge in [-0.3, -0.25) is 9.78 Å². The van der Waals surface area contributed by atoms with Crippen molar-refractivity contribution in [3.05, 3.63) is 48.3 Å². The monoisotopic (exact) mass is 366 g/mol. The number of methoxy groups -OCH3 is 1. The predicted molar refractivity (Wildman–Crippen MR) is 101 cm³/mol. The van der Waals surface area contributed by atoms with E-state index in [9.17, 15) is 4.79 Å². The van der Waals surface area contributed by atoms with E-state index < -0.39 is 0 Å². The maximum atomic E-state index is 12.6. The minimum Gasteiger partial charge on any atom is -0.480 e. The van der Waals surface area contributed by atoms with Crippen LogP contribution in [0.5, 0.6) is 5.88 Å². The number of nitrogens with zero attached hydrogens (tertiary/aromatic N) is 5. The second kappa shape index (κ2) is 7.53. The van der Waals surface area contributed by atoms with Crippen LogP contribution in [0.3, 0.4) is 0 Å². The van der Waals surface area contributed by atoms with Crippen LogP contribution in [0.2, 0.25) is 0 Å². The Morgan fingerprint density at radius 3 is 2.59 bits per heavy atom. The average Bonchev–Trinajstić information content (AvgIpc) is 3.12. The Bertz CT molecular complexity index is 914. The zero-order valence-corrected chi connectivity index (χ0v) is 15.8. The summed E-state index contributed by atoms with van der Waals surface area (Å²) in [6, 6.07) is 10.7. The van der Waals surface area contributed by atoms with Crippen LogP contribution < -0.4 is 10.1 Å². The Morgan fingerprint density at radius 1 is 1.19 bits per heavy atom. The number of hydrogen-bond acceptors (Lipinski definition) is 6. The lowest BCUT2D eigenvalue weighted by atomic mass is 9.97. The van der Waals surface area contributed by atoms with Crippen molar-refractivity contribution in [3.63, 3.8) is 0 Å². The fourth-order valence-electron chi connectivity index (χ4n) is 2.33. The Morgan fingerprint density at radius 2 is 2.00 bits per heavy atom. The molecule has 8 heteroatoms. The first kappa shape index (κ1) is 18.5.